The summed E-state index contributed by atoms with van der Waals surface area (Å²) in [7, 11) is -1.53. The van der Waals surface area contributed by atoms with Crippen molar-refractivity contribution in [2.24, 2.45) is 0 Å². The summed E-state index contributed by atoms with van der Waals surface area (Å²) in [6, 6.07) is 2.86. The minimum absolute atomic E-state index is 0.271. The van der Waals surface area contributed by atoms with Crippen LogP contribution in [0, 0.1) is 0 Å². The number of aromatic nitrogens is 1. The Hall–Kier alpha value is -1.14. The minimum atomic E-state index is -3.18. The highest BCUT2D eigenvalue weighted by Gasteiger charge is 2.37. The predicted octanol–water partition coefficient (Wildman–Crippen LogP) is 2.16. The number of halogens is 1. The van der Waals surface area contributed by atoms with E-state index in [1.807, 2.05) is 0 Å². The Balaban J connectivity index is 2.22. The van der Waals surface area contributed by atoms with Gasteiger partial charge in [0.2, 0.25) is 0 Å². The Morgan fingerprint density at radius 1 is 1.33 bits per heavy atom. The van der Waals surface area contributed by atoms with Gasteiger partial charge in [0.25, 0.3) is 5.91 Å². The zero-order valence-corrected chi connectivity index (χ0v) is 13.7. The predicted molar refractivity (Wildman–Crippen MR) is 82.2 cm³/mol. The number of rotatable bonds is 3. The fourth-order valence-electron chi connectivity index (χ4n) is 2.85. The first-order valence-electron chi connectivity index (χ1n) is 6.88. The number of amides is 1. The molecule has 0 aromatic carbocycles. The minimum Gasteiger partial charge on any atom is -0.336 e. The van der Waals surface area contributed by atoms with E-state index in [0.717, 1.165) is 12.8 Å². The van der Waals surface area contributed by atoms with E-state index in [2.05, 4.69) is 4.98 Å². The summed E-state index contributed by atoms with van der Waals surface area (Å²) in [6.07, 6.45) is 5.78. The van der Waals surface area contributed by atoms with Gasteiger partial charge in [-0.3, -0.25) is 4.79 Å². The number of hydrogen-bond donors (Lipinski definition) is 0. The average molecular weight is 331 g/mol. The van der Waals surface area contributed by atoms with Crippen LogP contribution in [0.2, 0.25) is 5.02 Å². The van der Waals surface area contributed by atoms with Gasteiger partial charge in [0.05, 0.1) is 10.3 Å². The van der Waals surface area contributed by atoms with E-state index in [0.29, 0.717) is 17.9 Å². The van der Waals surface area contributed by atoms with E-state index < -0.39 is 15.1 Å². The molecule has 1 amide bonds. The largest absolute Gasteiger partial charge is 0.336 e. The molecule has 2 atom stereocenters. The molecule has 1 fully saturated rings. The second-order valence-electron chi connectivity index (χ2n) is 5.50. The van der Waals surface area contributed by atoms with Crippen LogP contribution >= 0.6 is 11.6 Å². The van der Waals surface area contributed by atoms with Crippen LogP contribution in [0.5, 0.6) is 0 Å². The van der Waals surface area contributed by atoms with E-state index in [-0.39, 0.29) is 17.6 Å². The van der Waals surface area contributed by atoms with E-state index >= 15 is 0 Å². The molecule has 0 spiro atoms. The molecule has 1 aliphatic rings. The molecule has 5 nitrogen and oxygen atoms in total. The van der Waals surface area contributed by atoms with Gasteiger partial charge in [-0.2, -0.15) is 0 Å². The lowest BCUT2D eigenvalue weighted by Gasteiger charge is -2.36. The summed E-state index contributed by atoms with van der Waals surface area (Å²) >= 11 is 5.76. The van der Waals surface area contributed by atoms with Crippen LogP contribution in [0.25, 0.3) is 0 Å². The SMILES string of the molecule is CN(C(=O)c1ccc(Cl)cn1)[C@H]1CCCC[C@@H]1S(C)(=O)=O. The van der Waals surface area contributed by atoms with Crippen molar-refractivity contribution in [3.05, 3.63) is 29.0 Å². The van der Waals surface area contributed by atoms with Crippen molar-refractivity contribution < 1.29 is 13.2 Å². The average Bonchev–Trinajstić information content (AvgIpc) is 2.45. The summed E-state index contributed by atoms with van der Waals surface area (Å²) in [5.74, 6) is -0.271. The molecule has 1 aromatic rings. The maximum atomic E-state index is 12.5. The third kappa shape index (κ3) is 3.74. The molecule has 1 aliphatic carbocycles. The Morgan fingerprint density at radius 2 is 2.00 bits per heavy atom. The summed E-state index contributed by atoms with van der Waals surface area (Å²) in [6.45, 7) is 0. The van der Waals surface area contributed by atoms with Crippen molar-refractivity contribution in [3.63, 3.8) is 0 Å². The number of nitrogens with zero attached hydrogens (tertiary/aromatic N) is 2. The van der Waals surface area contributed by atoms with Crippen LogP contribution in [0.3, 0.4) is 0 Å². The smallest absolute Gasteiger partial charge is 0.272 e. The summed E-state index contributed by atoms with van der Waals surface area (Å²) in [5.41, 5.74) is 0.278. The monoisotopic (exact) mass is 330 g/mol. The van der Waals surface area contributed by atoms with Crippen molar-refractivity contribution >= 4 is 27.3 Å². The maximum Gasteiger partial charge on any atom is 0.272 e. The van der Waals surface area contributed by atoms with Gasteiger partial charge < -0.3 is 4.90 Å². The Morgan fingerprint density at radius 3 is 2.57 bits per heavy atom. The first-order chi connectivity index (χ1) is 9.80. The second-order valence-corrected chi connectivity index (χ2v) is 8.20. The molecule has 0 bridgehead atoms. The molecule has 2 rings (SSSR count). The van der Waals surface area contributed by atoms with Crippen LogP contribution in [0.15, 0.2) is 18.3 Å². The Bertz CT molecular complexity index is 616. The van der Waals surface area contributed by atoms with Crippen LogP contribution in [-0.2, 0) is 9.84 Å². The van der Waals surface area contributed by atoms with Crippen molar-refractivity contribution in [1.82, 2.24) is 9.88 Å². The van der Waals surface area contributed by atoms with Gasteiger partial charge >= 0.3 is 0 Å². The molecule has 1 aromatic heterocycles. The topological polar surface area (TPSA) is 67.3 Å². The van der Waals surface area contributed by atoms with Gasteiger partial charge in [-0.25, -0.2) is 13.4 Å². The van der Waals surface area contributed by atoms with Crippen molar-refractivity contribution in [2.75, 3.05) is 13.3 Å². The molecule has 1 saturated carbocycles. The molecule has 0 N–H and O–H groups in total. The van der Waals surface area contributed by atoms with Gasteiger partial charge in [0.1, 0.15) is 5.69 Å². The van der Waals surface area contributed by atoms with Gasteiger partial charge in [-0.1, -0.05) is 24.4 Å². The molecular formula is C14H19ClN2O3S. The van der Waals surface area contributed by atoms with Crippen molar-refractivity contribution in [1.29, 1.82) is 0 Å². The van der Waals surface area contributed by atoms with E-state index in [4.69, 9.17) is 11.6 Å². The van der Waals surface area contributed by atoms with Gasteiger partial charge in [0, 0.05) is 25.5 Å². The lowest BCUT2D eigenvalue weighted by Crippen LogP contribution is -2.49. The number of sulfone groups is 1. The van der Waals surface area contributed by atoms with Crippen molar-refractivity contribution in [3.8, 4) is 0 Å². The standard InChI is InChI=1S/C14H19ClN2O3S/c1-17(14(18)11-8-7-10(15)9-16-11)12-5-3-4-6-13(12)21(2,19)20/h7-9,12-13H,3-6H2,1-2H3/t12-,13-/m0/s1. The lowest BCUT2D eigenvalue weighted by molar-refractivity contribution is 0.0694. The third-order valence-electron chi connectivity index (χ3n) is 3.98. The van der Waals surface area contributed by atoms with Crippen LogP contribution in [-0.4, -0.2) is 48.8 Å². The second kappa shape index (κ2) is 6.32. The Kier molecular flexibility index (Phi) is 4.88. The molecular weight excluding hydrogens is 312 g/mol. The summed E-state index contributed by atoms with van der Waals surface area (Å²) in [5, 5.41) is -0.0339. The highest BCUT2D eigenvalue weighted by Crippen LogP contribution is 2.28. The van der Waals surface area contributed by atoms with E-state index in [9.17, 15) is 13.2 Å². The number of pyridine rings is 1. The van der Waals surface area contributed by atoms with Crippen LogP contribution in [0.4, 0.5) is 0 Å². The maximum absolute atomic E-state index is 12.5. The number of carbonyl (C=O) groups is 1. The van der Waals surface area contributed by atoms with E-state index in [1.165, 1.54) is 17.4 Å². The quantitative estimate of drug-likeness (QED) is 0.851. The van der Waals surface area contributed by atoms with Gasteiger partial charge in [-0.05, 0) is 25.0 Å². The highest BCUT2D eigenvalue weighted by atomic mass is 35.5. The van der Waals surface area contributed by atoms with E-state index in [1.54, 1.807) is 19.2 Å². The Labute approximate surface area is 130 Å². The molecule has 116 valence electrons. The highest BCUT2D eigenvalue weighted by molar-refractivity contribution is 7.91. The van der Waals surface area contributed by atoms with Crippen LogP contribution < -0.4 is 0 Å². The fourth-order valence-corrected chi connectivity index (χ4v) is 4.45. The zero-order valence-electron chi connectivity index (χ0n) is 12.1. The number of hydrogen-bond acceptors (Lipinski definition) is 4. The number of carbonyl (C=O) groups excluding carboxylic acids is 1. The first-order valence-corrected chi connectivity index (χ1v) is 9.21. The van der Waals surface area contributed by atoms with Gasteiger partial charge in [-0.15, -0.1) is 0 Å². The zero-order chi connectivity index (χ0) is 15.6. The normalized spacial score (nSPS) is 22.8. The fraction of sp³-hybridized carbons (Fsp3) is 0.571. The summed E-state index contributed by atoms with van der Waals surface area (Å²) in [4.78, 5) is 18.0. The molecule has 21 heavy (non-hydrogen) atoms. The lowest BCUT2D eigenvalue weighted by atomic mass is 9.93. The van der Waals surface area contributed by atoms with Crippen LogP contribution in [0.1, 0.15) is 36.2 Å². The molecule has 1 heterocycles. The summed E-state index contributed by atoms with van der Waals surface area (Å²) < 4.78 is 23.9. The molecule has 0 saturated heterocycles. The molecule has 7 heteroatoms. The molecule has 0 radical (unpaired) electrons. The third-order valence-corrected chi connectivity index (χ3v) is 5.86. The molecule has 0 aliphatic heterocycles. The first kappa shape index (κ1) is 16.2. The van der Waals surface area contributed by atoms with Crippen molar-refractivity contribution in [2.45, 2.75) is 37.0 Å². The van der Waals surface area contributed by atoms with Gasteiger partial charge in [0.15, 0.2) is 9.84 Å². The molecule has 0 unspecified atom stereocenters.